The van der Waals surface area contributed by atoms with Gasteiger partial charge >= 0.3 is 0 Å². The lowest BCUT2D eigenvalue weighted by atomic mass is 10.1. The predicted molar refractivity (Wildman–Crippen MR) is 85.9 cm³/mol. The molecule has 6 nitrogen and oxygen atoms in total. The summed E-state index contributed by atoms with van der Waals surface area (Å²) in [7, 11) is -3.59. The third-order valence-electron chi connectivity index (χ3n) is 3.09. The van der Waals surface area contributed by atoms with Gasteiger partial charge in [0.15, 0.2) is 9.84 Å². The lowest BCUT2D eigenvalue weighted by molar-refractivity contribution is 0.102. The molecular formula is C16H15N3O3S. The fourth-order valence-corrected chi connectivity index (χ4v) is 3.07. The number of anilines is 1. The van der Waals surface area contributed by atoms with Crippen molar-refractivity contribution in [2.45, 2.75) is 18.7 Å². The van der Waals surface area contributed by atoms with Gasteiger partial charge in [0.2, 0.25) is 0 Å². The van der Waals surface area contributed by atoms with Crippen LogP contribution in [0.25, 0.3) is 0 Å². The number of sulfone groups is 1. The van der Waals surface area contributed by atoms with Gasteiger partial charge in [0, 0.05) is 23.3 Å². The molecule has 0 aliphatic carbocycles. The number of carbonyl (C=O) groups excluding carboxylic acids is 1. The summed E-state index contributed by atoms with van der Waals surface area (Å²) in [5.74, 6) is -0.590. The fourth-order valence-electron chi connectivity index (χ4n) is 2.21. The Labute approximate surface area is 134 Å². The van der Waals surface area contributed by atoms with Crippen LogP contribution in [-0.4, -0.2) is 25.6 Å². The van der Waals surface area contributed by atoms with Crippen molar-refractivity contribution in [3.63, 3.8) is 0 Å². The summed E-state index contributed by atoms with van der Waals surface area (Å²) in [6, 6.07) is 9.17. The van der Waals surface area contributed by atoms with Crippen LogP contribution >= 0.6 is 0 Å². The zero-order chi connectivity index (χ0) is 17.2. The maximum atomic E-state index is 12.5. The summed E-state index contributed by atoms with van der Waals surface area (Å²) < 4.78 is 23.7. The summed E-state index contributed by atoms with van der Waals surface area (Å²) in [5.41, 5.74) is 2.13. The van der Waals surface area contributed by atoms with Crippen molar-refractivity contribution >= 4 is 21.4 Å². The molecule has 1 heterocycles. The monoisotopic (exact) mass is 329 g/mol. The maximum Gasteiger partial charge on any atom is 0.257 e. The molecule has 0 aliphatic rings. The second-order valence-electron chi connectivity index (χ2n) is 5.19. The highest BCUT2D eigenvalue weighted by atomic mass is 32.2. The summed E-state index contributed by atoms with van der Waals surface area (Å²) in [6.07, 6.45) is 1.02. The van der Waals surface area contributed by atoms with E-state index in [2.05, 4.69) is 10.3 Å². The van der Waals surface area contributed by atoms with Crippen molar-refractivity contribution in [1.82, 2.24) is 4.98 Å². The highest BCUT2D eigenvalue weighted by Gasteiger charge is 2.19. The summed E-state index contributed by atoms with van der Waals surface area (Å²) >= 11 is 0. The van der Waals surface area contributed by atoms with Crippen LogP contribution in [0.2, 0.25) is 0 Å². The molecular weight excluding hydrogens is 314 g/mol. The van der Waals surface area contributed by atoms with E-state index in [0.29, 0.717) is 5.69 Å². The zero-order valence-corrected chi connectivity index (χ0v) is 13.7. The van der Waals surface area contributed by atoms with Gasteiger partial charge in [-0.15, -0.1) is 0 Å². The summed E-state index contributed by atoms with van der Waals surface area (Å²) in [4.78, 5) is 16.6. The Morgan fingerprint density at radius 3 is 2.30 bits per heavy atom. The molecule has 23 heavy (non-hydrogen) atoms. The second-order valence-corrected chi connectivity index (χ2v) is 7.17. The number of nitrogens with one attached hydrogen (secondary N) is 1. The van der Waals surface area contributed by atoms with E-state index in [1.54, 1.807) is 26.0 Å². The number of pyridine rings is 1. The number of nitriles is 1. The third kappa shape index (κ3) is 3.93. The molecule has 2 aromatic rings. The van der Waals surface area contributed by atoms with Crippen molar-refractivity contribution in [3.05, 3.63) is 52.8 Å². The SMILES string of the molecule is Cc1cc(NC(=O)c2cc(C#N)ccc2S(C)(=O)=O)cc(C)n1. The molecule has 118 valence electrons. The van der Waals surface area contributed by atoms with Crippen molar-refractivity contribution in [2.75, 3.05) is 11.6 Å². The van der Waals surface area contributed by atoms with Crippen LogP contribution < -0.4 is 5.32 Å². The van der Waals surface area contributed by atoms with Crippen LogP contribution in [0.4, 0.5) is 5.69 Å². The summed E-state index contributed by atoms with van der Waals surface area (Å²) in [6.45, 7) is 3.59. The van der Waals surface area contributed by atoms with Gasteiger partial charge in [-0.3, -0.25) is 9.78 Å². The van der Waals surface area contributed by atoms with Crippen LogP contribution in [-0.2, 0) is 9.84 Å². The van der Waals surface area contributed by atoms with Crippen LogP contribution in [0.1, 0.15) is 27.3 Å². The number of nitrogens with zero attached hydrogens (tertiary/aromatic N) is 2. The quantitative estimate of drug-likeness (QED) is 0.930. The zero-order valence-electron chi connectivity index (χ0n) is 12.9. The predicted octanol–water partition coefficient (Wildman–Crippen LogP) is 2.23. The van der Waals surface area contributed by atoms with Crippen molar-refractivity contribution in [1.29, 1.82) is 5.26 Å². The van der Waals surface area contributed by atoms with Crippen LogP contribution in [0.15, 0.2) is 35.2 Å². The average molecular weight is 329 g/mol. The molecule has 0 aliphatic heterocycles. The molecule has 0 unspecified atom stereocenters. The molecule has 1 aromatic carbocycles. The number of rotatable bonds is 3. The Morgan fingerprint density at radius 1 is 1.17 bits per heavy atom. The van der Waals surface area contributed by atoms with E-state index in [-0.39, 0.29) is 16.0 Å². The highest BCUT2D eigenvalue weighted by Crippen LogP contribution is 2.20. The van der Waals surface area contributed by atoms with Gasteiger partial charge in [-0.05, 0) is 44.2 Å². The average Bonchev–Trinajstić information content (AvgIpc) is 2.44. The van der Waals surface area contributed by atoms with Crippen LogP contribution in [0.3, 0.4) is 0 Å². The lowest BCUT2D eigenvalue weighted by Crippen LogP contribution is -2.16. The van der Waals surface area contributed by atoms with Gasteiger partial charge in [-0.25, -0.2) is 8.42 Å². The van der Waals surface area contributed by atoms with E-state index < -0.39 is 15.7 Å². The topological polar surface area (TPSA) is 99.9 Å². The van der Waals surface area contributed by atoms with Crippen molar-refractivity contribution in [2.24, 2.45) is 0 Å². The highest BCUT2D eigenvalue weighted by molar-refractivity contribution is 7.90. The van der Waals surface area contributed by atoms with E-state index in [1.165, 1.54) is 18.2 Å². The van der Waals surface area contributed by atoms with Crippen LogP contribution in [0, 0.1) is 25.2 Å². The Hall–Kier alpha value is -2.72. The van der Waals surface area contributed by atoms with Gasteiger partial charge < -0.3 is 5.32 Å². The number of amides is 1. The number of hydrogen-bond donors (Lipinski definition) is 1. The third-order valence-corrected chi connectivity index (χ3v) is 4.25. The number of aryl methyl sites for hydroxylation is 2. The van der Waals surface area contributed by atoms with Crippen molar-refractivity contribution < 1.29 is 13.2 Å². The van der Waals surface area contributed by atoms with Crippen molar-refractivity contribution in [3.8, 4) is 6.07 Å². The molecule has 0 radical (unpaired) electrons. The minimum Gasteiger partial charge on any atom is -0.322 e. The first-order valence-corrected chi connectivity index (χ1v) is 8.60. The first kappa shape index (κ1) is 16.6. The van der Waals surface area contributed by atoms with Gasteiger partial charge in [-0.2, -0.15) is 5.26 Å². The smallest absolute Gasteiger partial charge is 0.257 e. The molecule has 1 N–H and O–H groups in total. The molecule has 2 rings (SSSR count). The Bertz CT molecular complexity index is 908. The summed E-state index contributed by atoms with van der Waals surface area (Å²) in [5, 5.41) is 11.6. The second kappa shape index (κ2) is 6.18. The largest absolute Gasteiger partial charge is 0.322 e. The lowest BCUT2D eigenvalue weighted by Gasteiger charge is -2.10. The van der Waals surface area contributed by atoms with E-state index in [0.717, 1.165) is 17.6 Å². The number of carbonyl (C=O) groups is 1. The molecule has 1 amide bonds. The van der Waals surface area contributed by atoms with Gasteiger partial charge in [0.25, 0.3) is 5.91 Å². The molecule has 7 heteroatoms. The fraction of sp³-hybridized carbons (Fsp3) is 0.188. The standard InChI is InChI=1S/C16H15N3O3S/c1-10-6-13(7-11(2)18-10)19-16(20)14-8-12(9-17)4-5-15(14)23(3,21)22/h4-8H,1-3H3,(H,18,19,20). The molecule has 1 aromatic heterocycles. The van der Waals surface area contributed by atoms with E-state index in [9.17, 15) is 13.2 Å². The number of aromatic nitrogens is 1. The normalized spacial score (nSPS) is 10.9. The minimum absolute atomic E-state index is 0.0568. The Balaban J connectivity index is 2.48. The van der Waals surface area contributed by atoms with E-state index in [1.807, 2.05) is 6.07 Å². The molecule has 0 saturated carbocycles. The first-order valence-electron chi connectivity index (χ1n) is 6.71. The van der Waals surface area contributed by atoms with Gasteiger partial charge in [-0.1, -0.05) is 0 Å². The number of hydrogen-bond acceptors (Lipinski definition) is 5. The van der Waals surface area contributed by atoms with Gasteiger partial charge in [0.05, 0.1) is 22.1 Å². The molecule has 0 spiro atoms. The minimum atomic E-state index is -3.59. The molecule has 0 fully saturated rings. The maximum absolute atomic E-state index is 12.5. The van der Waals surface area contributed by atoms with E-state index in [4.69, 9.17) is 5.26 Å². The molecule has 0 saturated heterocycles. The molecule has 0 atom stereocenters. The Kier molecular flexibility index (Phi) is 4.48. The van der Waals surface area contributed by atoms with Gasteiger partial charge in [0.1, 0.15) is 0 Å². The number of benzene rings is 1. The van der Waals surface area contributed by atoms with Crippen LogP contribution in [0.5, 0.6) is 0 Å². The van der Waals surface area contributed by atoms with E-state index >= 15 is 0 Å². The Morgan fingerprint density at radius 2 is 1.78 bits per heavy atom. The first-order chi connectivity index (χ1) is 10.7. The molecule has 0 bridgehead atoms.